The Morgan fingerprint density at radius 1 is 1.16 bits per heavy atom. The molecule has 0 aliphatic carbocycles. The van der Waals surface area contributed by atoms with E-state index in [4.69, 9.17) is 0 Å². The highest BCUT2D eigenvalue weighted by Gasteiger charge is 2.02. The van der Waals surface area contributed by atoms with E-state index in [0.29, 0.717) is 0 Å². The van der Waals surface area contributed by atoms with Crippen molar-refractivity contribution in [3.8, 4) is 0 Å². The molecule has 0 saturated carbocycles. The summed E-state index contributed by atoms with van der Waals surface area (Å²) in [6, 6.07) is 8.39. The van der Waals surface area contributed by atoms with Crippen LogP contribution in [0.15, 0.2) is 49.1 Å². The molecule has 3 aromatic rings. The van der Waals surface area contributed by atoms with E-state index in [-0.39, 0.29) is 0 Å². The Labute approximate surface area is 111 Å². The lowest BCUT2D eigenvalue weighted by Gasteiger charge is -2.03. The van der Waals surface area contributed by atoms with Gasteiger partial charge in [0.15, 0.2) is 0 Å². The number of hydrogen-bond donors (Lipinski definition) is 2. The molecule has 0 atom stereocenters. The molecule has 0 aliphatic rings. The predicted octanol–water partition coefficient (Wildman–Crippen LogP) is 2.29. The summed E-state index contributed by atoms with van der Waals surface area (Å²) in [5.41, 5.74) is 3.52. The number of H-pyrrole nitrogens is 1. The van der Waals surface area contributed by atoms with E-state index in [9.17, 15) is 0 Å². The van der Waals surface area contributed by atoms with Gasteiger partial charge in [-0.1, -0.05) is 18.2 Å². The minimum Gasteiger partial charge on any atom is -0.361 e. The molecule has 0 amide bonds. The third-order valence-electron chi connectivity index (χ3n) is 3.17. The van der Waals surface area contributed by atoms with Gasteiger partial charge in [0, 0.05) is 42.2 Å². The Morgan fingerprint density at radius 3 is 3.00 bits per heavy atom. The molecule has 0 saturated heterocycles. The maximum Gasteiger partial charge on any atom is 0.0724 e. The zero-order valence-corrected chi connectivity index (χ0v) is 10.6. The van der Waals surface area contributed by atoms with Crippen LogP contribution in [0.3, 0.4) is 0 Å². The normalized spacial score (nSPS) is 10.9. The van der Waals surface area contributed by atoms with Crippen molar-refractivity contribution in [3.05, 3.63) is 60.3 Å². The van der Waals surface area contributed by atoms with Gasteiger partial charge in [0.1, 0.15) is 0 Å². The maximum absolute atomic E-state index is 4.23. The molecule has 2 aromatic heterocycles. The van der Waals surface area contributed by atoms with Crippen molar-refractivity contribution in [2.24, 2.45) is 0 Å². The Kier molecular flexibility index (Phi) is 3.51. The smallest absolute Gasteiger partial charge is 0.0724 e. The zero-order valence-electron chi connectivity index (χ0n) is 10.6. The minimum absolute atomic E-state index is 0.760. The number of para-hydroxylation sites is 1. The molecule has 4 heteroatoms. The van der Waals surface area contributed by atoms with Crippen LogP contribution < -0.4 is 5.32 Å². The summed E-state index contributed by atoms with van der Waals surface area (Å²) in [5, 5.41) is 4.70. The number of fused-ring (bicyclic) bond motifs is 1. The third kappa shape index (κ3) is 2.80. The monoisotopic (exact) mass is 252 g/mol. The number of nitrogens with one attached hydrogen (secondary N) is 2. The summed E-state index contributed by atoms with van der Waals surface area (Å²) >= 11 is 0. The minimum atomic E-state index is 0.760. The molecule has 0 fully saturated rings. The highest BCUT2D eigenvalue weighted by molar-refractivity contribution is 5.83. The van der Waals surface area contributed by atoms with Gasteiger partial charge in [-0.3, -0.25) is 9.97 Å². The molecule has 0 radical (unpaired) electrons. The van der Waals surface area contributed by atoms with Crippen LogP contribution in [-0.2, 0) is 13.0 Å². The highest BCUT2D eigenvalue weighted by atomic mass is 14.9. The van der Waals surface area contributed by atoms with E-state index in [1.165, 1.54) is 16.5 Å². The second kappa shape index (κ2) is 5.63. The second-order valence-corrected chi connectivity index (χ2v) is 4.48. The van der Waals surface area contributed by atoms with Crippen molar-refractivity contribution in [1.82, 2.24) is 20.3 Å². The maximum atomic E-state index is 4.23. The van der Waals surface area contributed by atoms with Crippen molar-refractivity contribution in [1.29, 1.82) is 0 Å². The van der Waals surface area contributed by atoms with Gasteiger partial charge in [-0.05, 0) is 24.6 Å². The van der Waals surface area contributed by atoms with Crippen LogP contribution in [0.1, 0.15) is 11.3 Å². The number of rotatable bonds is 5. The third-order valence-corrected chi connectivity index (χ3v) is 3.17. The van der Waals surface area contributed by atoms with Crippen LogP contribution in [-0.4, -0.2) is 21.5 Å². The van der Waals surface area contributed by atoms with Crippen LogP contribution in [0, 0.1) is 0 Å². The van der Waals surface area contributed by atoms with Gasteiger partial charge in [0.2, 0.25) is 0 Å². The molecule has 3 rings (SSSR count). The van der Waals surface area contributed by atoms with Gasteiger partial charge in [-0.2, -0.15) is 0 Å². The summed E-state index contributed by atoms with van der Waals surface area (Å²) in [4.78, 5) is 11.6. The fourth-order valence-electron chi connectivity index (χ4n) is 2.20. The molecule has 96 valence electrons. The molecule has 0 bridgehead atoms. The molecular formula is C15H16N4. The number of aromatic nitrogens is 3. The van der Waals surface area contributed by atoms with E-state index in [0.717, 1.165) is 25.2 Å². The first-order valence-electron chi connectivity index (χ1n) is 6.44. The molecule has 2 N–H and O–H groups in total. The van der Waals surface area contributed by atoms with Gasteiger partial charge in [-0.25, -0.2) is 0 Å². The van der Waals surface area contributed by atoms with Gasteiger partial charge in [0.25, 0.3) is 0 Å². The molecule has 19 heavy (non-hydrogen) atoms. The Hall–Kier alpha value is -2.20. The summed E-state index contributed by atoms with van der Waals surface area (Å²) in [6.07, 6.45) is 8.30. The number of aromatic amines is 1. The molecule has 2 heterocycles. The molecule has 0 spiro atoms. The lowest BCUT2D eigenvalue weighted by Crippen LogP contribution is -2.17. The standard InChI is InChI=1S/C15H16N4/c1-2-4-15-14(3-1)12(9-19-15)5-6-16-10-13-11-17-7-8-18-13/h1-4,7-9,11,16,19H,5-6,10H2. The van der Waals surface area contributed by atoms with E-state index in [1.54, 1.807) is 18.6 Å². The summed E-state index contributed by atoms with van der Waals surface area (Å²) in [7, 11) is 0. The summed E-state index contributed by atoms with van der Waals surface area (Å²) < 4.78 is 0. The van der Waals surface area contributed by atoms with E-state index in [1.807, 2.05) is 0 Å². The molecular weight excluding hydrogens is 236 g/mol. The average molecular weight is 252 g/mol. The molecule has 4 nitrogen and oxygen atoms in total. The Morgan fingerprint density at radius 2 is 2.11 bits per heavy atom. The zero-order chi connectivity index (χ0) is 12.9. The van der Waals surface area contributed by atoms with E-state index in [2.05, 4.69) is 50.7 Å². The fraction of sp³-hybridized carbons (Fsp3) is 0.200. The molecule has 0 unspecified atom stereocenters. The van der Waals surface area contributed by atoms with Crippen LogP contribution in [0.25, 0.3) is 10.9 Å². The number of hydrogen-bond acceptors (Lipinski definition) is 3. The summed E-state index contributed by atoms with van der Waals surface area (Å²) in [6.45, 7) is 1.69. The van der Waals surface area contributed by atoms with Gasteiger partial charge < -0.3 is 10.3 Å². The molecule has 0 aliphatic heterocycles. The topological polar surface area (TPSA) is 53.6 Å². The van der Waals surface area contributed by atoms with Crippen LogP contribution in [0.2, 0.25) is 0 Å². The summed E-state index contributed by atoms with van der Waals surface area (Å²) in [5.74, 6) is 0. The second-order valence-electron chi connectivity index (χ2n) is 4.48. The Bertz CT molecular complexity index is 645. The van der Waals surface area contributed by atoms with Crippen molar-refractivity contribution in [2.45, 2.75) is 13.0 Å². The van der Waals surface area contributed by atoms with Crippen molar-refractivity contribution in [3.63, 3.8) is 0 Å². The first kappa shape index (κ1) is 11.9. The van der Waals surface area contributed by atoms with Gasteiger partial charge >= 0.3 is 0 Å². The fourth-order valence-corrected chi connectivity index (χ4v) is 2.20. The first-order valence-corrected chi connectivity index (χ1v) is 6.44. The number of nitrogens with zero attached hydrogens (tertiary/aromatic N) is 2. The van der Waals surface area contributed by atoms with E-state index < -0.39 is 0 Å². The van der Waals surface area contributed by atoms with Crippen LogP contribution >= 0.6 is 0 Å². The SMILES string of the molecule is c1ccc2c(CCNCc3cnccn3)c[nH]c2c1. The Balaban J connectivity index is 1.55. The number of benzene rings is 1. The first-order chi connectivity index (χ1) is 9.43. The molecule has 1 aromatic carbocycles. The lowest BCUT2D eigenvalue weighted by molar-refractivity contribution is 0.673. The average Bonchev–Trinajstić information content (AvgIpc) is 2.88. The van der Waals surface area contributed by atoms with E-state index >= 15 is 0 Å². The van der Waals surface area contributed by atoms with Crippen molar-refractivity contribution >= 4 is 10.9 Å². The highest BCUT2D eigenvalue weighted by Crippen LogP contribution is 2.17. The van der Waals surface area contributed by atoms with Crippen LogP contribution in [0.4, 0.5) is 0 Å². The van der Waals surface area contributed by atoms with Crippen LogP contribution in [0.5, 0.6) is 0 Å². The predicted molar refractivity (Wildman–Crippen MR) is 75.7 cm³/mol. The quantitative estimate of drug-likeness (QED) is 0.685. The van der Waals surface area contributed by atoms with Gasteiger partial charge in [-0.15, -0.1) is 0 Å². The van der Waals surface area contributed by atoms with Gasteiger partial charge in [0.05, 0.1) is 5.69 Å². The lowest BCUT2D eigenvalue weighted by atomic mass is 10.1. The largest absolute Gasteiger partial charge is 0.361 e. The van der Waals surface area contributed by atoms with Crippen molar-refractivity contribution in [2.75, 3.05) is 6.54 Å². The van der Waals surface area contributed by atoms with Crippen molar-refractivity contribution < 1.29 is 0 Å².